The molecule has 2 aromatic rings. The third kappa shape index (κ3) is 2.05. The highest BCUT2D eigenvalue weighted by molar-refractivity contribution is 9.10. The first-order valence-corrected chi connectivity index (χ1v) is 6.61. The van der Waals surface area contributed by atoms with E-state index in [9.17, 15) is 4.79 Å². The highest BCUT2D eigenvalue weighted by atomic mass is 79.9. The molecule has 0 atom stereocenters. The minimum atomic E-state index is -0.308. The molecule has 0 unspecified atom stereocenters. The zero-order valence-electron chi connectivity index (χ0n) is 11.0. The van der Waals surface area contributed by atoms with E-state index in [0.29, 0.717) is 11.5 Å². The Hall–Kier alpha value is -1.29. The lowest BCUT2D eigenvalue weighted by atomic mass is 10.0. The lowest BCUT2D eigenvalue weighted by molar-refractivity contribution is 0.0602. The second-order valence-corrected chi connectivity index (χ2v) is 5.61. The van der Waals surface area contributed by atoms with Crippen molar-refractivity contribution in [2.45, 2.75) is 19.8 Å². The smallest absolute Gasteiger partial charge is 0.340 e. The molecule has 1 aromatic heterocycles. The molecule has 0 bridgehead atoms. The van der Waals surface area contributed by atoms with Gasteiger partial charge in [0.2, 0.25) is 0 Å². The molecule has 2 rings (SSSR count). The summed E-state index contributed by atoms with van der Waals surface area (Å²) < 4.78 is 7.73. The molecule has 0 saturated carbocycles. The van der Waals surface area contributed by atoms with Gasteiger partial charge in [-0.1, -0.05) is 29.8 Å². The number of methoxy groups -OCH3 is 1. The molecule has 1 heterocycles. The topological polar surface area (TPSA) is 31.2 Å². The molecule has 0 amide bonds. The number of ether oxygens (including phenoxy) is 1. The molecule has 96 valence electrons. The number of aromatic nitrogens is 1. The van der Waals surface area contributed by atoms with E-state index in [-0.39, 0.29) is 5.97 Å². The van der Waals surface area contributed by atoms with Crippen LogP contribution in [0.2, 0.25) is 0 Å². The maximum Gasteiger partial charge on any atom is 0.340 e. The summed E-state index contributed by atoms with van der Waals surface area (Å²) in [6.07, 6.45) is 2.08. The van der Waals surface area contributed by atoms with E-state index in [4.69, 9.17) is 4.74 Å². The van der Waals surface area contributed by atoms with Crippen molar-refractivity contribution < 1.29 is 9.53 Å². The number of nitrogens with zero attached hydrogens (tertiary/aromatic N) is 1. The summed E-state index contributed by atoms with van der Waals surface area (Å²) in [5, 5.41) is 1.10. The summed E-state index contributed by atoms with van der Waals surface area (Å²) in [5.74, 6) is 0.103. The average molecular weight is 310 g/mol. The van der Waals surface area contributed by atoms with Gasteiger partial charge in [-0.2, -0.15) is 0 Å². The van der Waals surface area contributed by atoms with Gasteiger partial charge in [0.15, 0.2) is 0 Å². The van der Waals surface area contributed by atoms with Crippen LogP contribution in [-0.4, -0.2) is 17.6 Å². The number of hydrogen-bond donors (Lipinski definition) is 0. The van der Waals surface area contributed by atoms with E-state index in [1.165, 1.54) is 12.7 Å². The molecule has 0 aliphatic heterocycles. The van der Waals surface area contributed by atoms with Crippen LogP contribution >= 0.6 is 15.9 Å². The van der Waals surface area contributed by atoms with Crippen LogP contribution in [0, 0.1) is 0 Å². The maximum absolute atomic E-state index is 11.9. The monoisotopic (exact) mass is 309 g/mol. The van der Waals surface area contributed by atoms with Gasteiger partial charge in [-0.25, -0.2) is 4.79 Å². The van der Waals surface area contributed by atoms with Crippen molar-refractivity contribution in [3.63, 3.8) is 0 Å². The van der Waals surface area contributed by atoms with E-state index >= 15 is 0 Å². The summed E-state index contributed by atoms with van der Waals surface area (Å²) in [4.78, 5) is 11.9. The molecule has 0 aliphatic carbocycles. The van der Waals surface area contributed by atoms with Gasteiger partial charge >= 0.3 is 5.97 Å². The second-order valence-electron chi connectivity index (χ2n) is 4.69. The Morgan fingerprint density at radius 1 is 1.39 bits per heavy atom. The molecule has 0 N–H and O–H groups in total. The van der Waals surface area contributed by atoms with Gasteiger partial charge in [0, 0.05) is 23.1 Å². The van der Waals surface area contributed by atoms with Crippen LogP contribution in [0.4, 0.5) is 0 Å². The van der Waals surface area contributed by atoms with Crippen LogP contribution in [0.25, 0.3) is 10.9 Å². The van der Waals surface area contributed by atoms with Crippen LogP contribution in [0.15, 0.2) is 22.8 Å². The zero-order valence-corrected chi connectivity index (χ0v) is 12.5. The number of benzene rings is 1. The zero-order chi connectivity index (χ0) is 13.4. The van der Waals surface area contributed by atoms with Crippen molar-refractivity contribution in [1.82, 2.24) is 4.57 Å². The second kappa shape index (κ2) is 4.76. The summed E-state index contributed by atoms with van der Waals surface area (Å²) >= 11 is 3.46. The minimum absolute atomic E-state index is 0.308. The molecule has 3 nitrogen and oxygen atoms in total. The molecule has 0 saturated heterocycles. The molecule has 18 heavy (non-hydrogen) atoms. The number of rotatable bonds is 2. The average Bonchev–Trinajstić information content (AvgIpc) is 2.64. The van der Waals surface area contributed by atoms with Crippen molar-refractivity contribution in [2.75, 3.05) is 7.11 Å². The van der Waals surface area contributed by atoms with Crippen molar-refractivity contribution in [1.29, 1.82) is 0 Å². The first-order chi connectivity index (χ1) is 8.45. The first-order valence-electron chi connectivity index (χ1n) is 5.82. The molecular formula is C14H16BrNO2. The third-order valence-electron chi connectivity index (χ3n) is 3.10. The Morgan fingerprint density at radius 3 is 2.61 bits per heavy atom. The summed E-state index contributed by atoms with van der Waals surface area (Å²) in [7, 11) is 3.36. The van der Waals surface area contributed by atoms with Crippen molar-refractivity contribution in [3.8, 4) is 0 Å². The van der Waals surface area contributed by atoms with Gasteiger partial charge in [-0.05, 0) is 23.6 Å². The molecule has 0 aliphatic rings. The van der Waals surface area contributed by atoms with Crippen LogP contribution in [0.1, 0.15) is 35.7 Å². The Morgan fingerprint density at radius 2 is 2.06 bits per heavy atom. The lowest BCUT2D eigenvalue weighted by Crippen LogP contribution is -2.04. The van der Waals surface area contributed by atoms with Gasteiger partial charge in [0.1, 0.15) is 0 Å². The number of carbonyl (C=O) groups excluding carboxylic acids is 1. The molecular weight excluding hydrogens is 294 g/mol. The Labute approximate surface area is 115 Å². The van der Waals surface area contributed by atoms with Crippen LogP contribution in [-0.2, 0) is 11.8 Å². The number of aryl methyl sites for hydroxylation is 1. The van der Waals surface area contributed by atoms with E-state index in [2.05, 4.69) is 42.0 Å². The molecule has 0 radical (unpaired) electrons. The molecule has 0 spiro atoms. The summed E-state index contributed by atoms with van der Waals surface area (Å²) in [6.45, 7) is 4.29. The summed E-state index contributed by atoms with van der Waals surface area (Å²) in [6, 6.07) is 3.86. The van der Waals surface area contributed by atoms with Crippen LogP contribution < -0.4 is 0 Å². The van der Waals surface area contributed by atoms with Crippen LogP contribution in [0.5, 0.6) is 0 Å². The van der Waals surface area contributed by atoms with Gasteiger partial charge in [0.05, 0.1) is 18.2 Å². The fourth-order valence-electron chi connectivity index (χ4n) is 2.27. The Kier molecular flexibility index (Phi) is 3.48. The Bertz CT molecular complexity index is 614. The fourth-order valence-corrected chi connectivity index (χ4v) is 2.73. The van der Waals surface area contributed by atoms with E-state index in [1.807, 2.05) is 11.6 Å². The standard InChI is InChI=1S/C14H16BrNO2/c1-8(2)12-7-16(3)13-10(12)5-9(15)6-11(13)14(17)18-4/h5-8H,1-4H3. The maximum atomic E-state index is 11.9. The van der Waals surface area contributed by atoms with Crippen LogP contribution in [0.3, 0.4) is 0 Å². The number of esters is 1. The number of halogens is 1. The van der Waals surface area contributed by atoms with E-state index in [0.717, 1.165) is 15.4 Å². The predicted molar refractivity (Wildman–Crippen MR) is 76.0 cm³/mol. The summed E-state index contributed by atoms with van der Waals surface area (Å²) in [5.41, 5.74) is 2.75. The lowest BCUT2D eigenvalue weighted by Gasteiger charge is -2.06. The fraction of sp³-hybridized carbons (Fsp3) is 0.357. The number of hydrogen-bond acceptors (Lipinski definition) is 2. The van der Waals surface area contributed by atoms with Gasteiger partial charge < -0.3 is 9.30 Å². The van der Waals surface area contributed by atoms with Gasteiger partial charge in [-0.3, -0.25) is 0 Å². The molecule has 4 heteroatoms. The Balaban J connectivity index is 2.84. The molecule has 0 fully saturated rings. The quantitative estimate of drug-likeness (QED) is 0.789. The number of fused-ring (bicyclic) bond motifs is 1. The van der Waals surface area contributed by atoms with Crippen molar-refractivity contribution in [2.24, 2.45) is 7.05 Å². The predicted octanol–water partition coefficient (Wildman–Crippen LogP) is 3.85. The van der Waals surface area contributed by atoms with Gasteiger partial charge in [0.25, 0.3) is 0 Å². The SMILES string of the molecule is COC(=O)c1cc(Br)cc2c(C(C)C)cn(C)c12. The normalized spacial score (nSPS) is 11.2. The minimum Gasteiger partial charge on any atom is -0.465 e. The van der Waals surface area contributed by atoms with Crippen molar-refractivity contribution in [3.05, 3.63) is 33.9 Å². The first kappa shape index (κ1) is 13.1. The van der Waals surface area contributed by atoms with E-state index in [1.54, 1.807) is 6.07 Å². The third-order valence-corrected chi connectivity index (χ3v) is 3.56. The largest absolute Gasteiger partial charge is 0.465 e. The highest BCUT2D eigenvalue weighted by Gasteiger charge is 2.18. The van der Waals surface area contributed by atoms with E-state index < -0.39 is 0 Å². The highest BCUT2D eigenvalue weighted by Crippen LogP contribution is 2.32. The van der Waals surface area contributed by atoms with Crippen molar-refractivity contribution >= 4 is 32.8 Å². The number of carbonyl (C=O) groups is 1. The van der Waals surface area contributed by atoms with Gasteiger partial charge in [-0.15, -0.1) is 0 Å². The molecule has 1 aromatic carbocycles.